The van der Waals surface area contributed by atoms with Crippen LogP contribution in [0.1, 0.15) is 27.0 Å². The van der Waals surface area contributed by atoms with Crippen LogP contribution in [0.3, 0.4) is 0 Å². The summed E-state index contributed by atoms with van der Waals surface area (Å²) < 4.78 is 7.27. The van der Waals surface area contributed by atoms with E-state index in [-0.39, 0.29) is 5.91 Å². The van der Waals surface area contributed by atoms with E-state index in [9.17, 15) is 4.79 Å². The molecular formula is C22H22N2O2. The van der Waals surface area contributed by atoms with Crippen LogP contribution < -0.4 is 10.2 Å². The minimum atomic E-state index is -0.285. The average molecular weight is 346 g/mol. The second kappa shape index (κ2) is 7.83. The normalized spacial score (nSPS) is 11.4. The van der Waals surface area contributed by atoms with Crippen LogP contribution in [0.15, 0.2) is 71.9 Å². The molecule has 0 bridgehead atoms. The number of amides is 1. The van der Waals surface area contributed by atoms with E-state index in [0.29, 0.717) is 23.3 Å². The molecular weight excluding hydrogens is 324 g/mol. The molecule has 0 aliphatic carbocycles. The average Bonchev–Trinajstić information content (AvgIpc) is 2.65. The van der Waals surface area contributed by atoms with Crippen molar-refractivity contribution >= 4 is 5.91 Å². The fraction of sp³-hybridized carbons (Fsp3) is 0.182. The van der Waals surface area contributed by atoms with Gasteiger partial charge in [0.1, 0.15) is 11.2 Å². The lowest BCUT2D eigenvalue weighted by atomic mass is 10.1. The number of aryl methyl sites for hydroxylation is 2. The summed E-state index contributed by atoms with van der Waals surface area (Å²) in [6.45, 7) is 4.66. The standard InChI is InChI=1S/C22H22N2O2/c1-16-7-10-18(11-8-16)15-24-13-5-4-6-21(24)23-22(25)19-12-9-17(2)20(14-19)26-3/h4-14H,15H2,1-3H3. The van der Waals surface area contributed by atoms with Crippen molar-refractivity contribution in [1.29, 1.82) is 0 Å². The number of hydrogen-bond acceptors (Lipinski definition) is 2. The van der Waals surface area contributed by atoms with Crippen molar-refractivity contribution in [2.24, 2.45) is 4.99 Å². The van der Waals surface area contributed by atoms with Crippen LogP contribution in [-0.4, -0.2) is 17.6 Å². The highest BCUT2D eigenvalue weighted by Crippen LogP contribution is 2.19. The van der Waals surface area contributed by atoms with Gasteiger partial charge >= 0.3 is 0 Å². The summed E-state index contributed by atoms with van der Waals surface area (Å²) in [5, 5.41) is 0. The number of aromatic nitrogens is 1. The van der Waals surface area contributed by atoms with Gasteiger partial charge in [-0.25, -0.2) is 0 Å². The lowest BCUT2D eigenvalue weighted by Crippen LogP contribution is -2.22. The topological polar surface area (TPSA) is 43.6 Å². The largest absolute Gasteiger partial charge is 0.496 e. The Kier molecular flexibility index (Phi) is 5.32. The Balaban J connectivity index is 1.93. The smallest absolute Gasteiger partial charge is 0.279 e. The predicted octanol–water partition coefficient (Wildman–Crippen LogP) is 3.90. The van der Waals surface area contributed by atoms with Crippen LogP contribution in [0.4, 0.5) is 0 Å². The molecule has 2 aromatic carbocycles. The second-order valence-electron chi connectivity index (χ2n) is 6.27. The quantitative estimate of drug-likeness (QED) is 0.719. The predicted molar refractivity (Wildman–Crippen MR) is 102 cm³/mol. The number of hydrogen-bond donors (Lipinski definition) is 0. The number of pyridine rings is 1. The maximum absolute atomic E-state index is 12.6. The molecule has 1 amide bonds. The van der Waals surface area contributed by atoms with Crippen molar-refractivity contribution in [3.05, 3.63) is 94.6 Å². The summed E-state index contributed by atoms with van der Waals surface area (Å²) in [4.78, 5) is 16.9. The second-order valence-corrected chi connectivity index (χ2v) is 6.27. The van der Waals surface area contributed by atoms with Crippen LogP contribution in [0.5, 0.6) is 5.75 Å². The van der Waals surface area contributed by atoms with Gasteiger partial charge < -0.3 is 9.30 Å². The minimum Gasteiger partial charge on any atom is -0.496 e. The molecule has 4 heteroatoms. The van der Waals surface area contributed by atoms with Crippen molar-refractivity contribution in [1.82, 2.24) is 4.57 Å². The van der Waals surface area contributed by atoms with Crippen molar-refractivity contribution < 1.29 is 9.53 Å². The van der Waals surface area contributed by atoms with Crippen molar-refractivity contribution in [3.8, 4) is 5.75 Å². The number of benzene rings is 2. The Labute approximate surface area is 153 Å². The summed E-state index contributed by atoms with van der Waals surface area (Å²) in [5.41, 5.74) is 4.50. The molecule has 3 aromatic rings. The molecule has 0 aliphatic heterocycles. The SMILES string of the molecule is COc1cc(C(=O)N=c2ccccn2Cc2ccc(C)cc2)ccc1C. The van der Waals surface area contributed by atoms with Gasteiger partial charge in [0.05, 0.1) is 7.11 Å². The first-order valence-electron chi connectivity index (χ1n) is 8.51. The first kappa shape index (κ1) is 17.7. The van der Waals surface area contributed by atoms with Gasteiger partial charge in [0.2, 0.25) is 0 Å². The molecule has 0 radical (unpaired) electrons. The van der Waals surface area contributed by atoms with Crippen LogP contribution in [0, 0.1) is 13.8 Å². The number of ether oxygens (including phenoxy) is 1. The highest BCUT2D eigenvalue weighted by molar-refractivity contribution is 5.95. The van der Waals surface area contributed by atoms with E-state index in [1.54, 1.807) is 19.2 Å². The molecule has 1 heterocycles. The van der Waals surface area contributed by atoms with Crippen LogP contribution in [-0.2, 0) is 6.54 Å². The van der Waals surface area contributed by atoms with Crippen LogP contribution in [0.2, 0.25) is 0 Å². The van der Waals surface area contributed by atoms with E-state index in [1.807, 2.05) is 42.0 Å². The maximum atomic E-state index is 12.6. The van der Waals surface area contributed by atoms with Gasteiger partial charge in [0.25, 0.3) is 5.91 Å². The number of nitrogens with zero attached hydrogens (tertiary/aromatic N) is 2. The van der Waals surface area contributed by atoms with Gasteiger partial charge in [-0.1, -0.05) is 42.0 Å². The molecule has 26 heavy (non-hydrogen) atoms. The lowest BCUT2D eigenvalue weighted by Gasteiger charge is -2.08. The third-order valence-corrected chi connectivity index (χ3v) is 4.26. The third kappa shape index (κ3) is 4.09. The van der Waals surface area contributed by atoms with Gasteiger partial charge in [-0.3, -0.25) is 4.79 Å². The van der Waals surface area contributed by atoms with Crippen molar-refractivity contribution in [2.45, 2.75) is 20.4 Å². The molecule has 0 saturated heterocycles. The molecule has 0 unspecified atom stereocenters. The maximum Gasteiger partial charge on any atom is 0.279 e. The minimum absolute atomic E-state index is 0.285. The number of carbonyl (C=O) groups excluding carboxylic acids is 1. The van der Waals surface area contributed by atoms with Gasteiger partial charge in [-0.2, -0.15) is 4.99 Å². The van der Waals surface area contributed by atoms with Gasteiger partial charge in [-0.15, -0.1) is 0 Å². The van der Waals surface area contributed by atoms with E-state index in [1.165, 1.54) is 5.56 Å². The highest BCUT2D eigenvalue weighted by atomic mass is 16.5. The van der Waals surface area contributed by atoms with E-state index in [0.717, 1.165) is 11.1 Å². The molecule has 3 rings (SSSR count). The Morgan fingerprint density at radius 2 is 1.81 bits per heavy atom. The summed E-state index contributed by atoms with van der Waals surface area (Å²) >= 11 is 0. The van der Waals surface area contributed by atoms with Crippen LogP contribution in [0.25, 0.3) is 0 Å². The summed E-state index contributed by atoms with van der Waals surface area (Å²) in [7, 11) is 1.60. The fourth-order valence-electron chi connectivity index (χ4n) is 2.71. The first-order valence-corrected chi connectivity index (χ1v) is 8.51. The summed E-state index contributed by atoms with van der Waals surface area (Å²) in [6.07, 6.45) is 1.93. The Morgan fingerprint density at radius 3 is 2.54 bits per heavy atom. The Bertz CT molecular complexity index is 986. The molecule has 4 nitrogen and oxygen atoms in total. The van der Waals surface area contributed by atoms with Crippen molar-refractivity contribution in [3.63, 3.8) is 0 Å². The van der Waals surface area contributed by atoms with E-state index < -0.39 is 0 Å². The number of carbonyl (C=O) groups is 1. The Hall–Kier alpha value is -3.14. The molecule has 0 spiro atoms. The van der Waals surface area contributed by atoms with Gasteiger partial charge in [0.15, 0.2) is 0 Å². The molecule has 0 aliphatic rings. The summed E-state index contributed by atoms with van der Waals surface area (Å²) in [5.74, 6) is 0.402. The zero-order valence-corrected chi connectivity index (χ0v) is 15.3. The lowest BCUT2D eigenvalue weighted by molar-refractivity contribution is 0.0997. The number of methoxy groups -OCH3 is 1. The van der Waals surface area contributed by atoms with Crippen LogP contribution >= 0.6 is 0 Å². The monoisotopic (exact) mass is 346 g/mol. The number of rotatable bonds is 4. The first-order chi connectivity index (χ1) is 12.6. The summed E-state index contributed by atoms with van der Waals surface area (Å²) in [6, 6.07) is 19.4. The molecule has 0 saturated carbocycles. The zero-order chi connectivity index (χ0) is 18.5. The zero-order valence-electron chi connectivity index (χ0n) is 15.3. The third-order valence-electron chi connectivity index (χ3n) is 4.26. The van der Waals surface area contributed by atoms with E-state index >= 15 is 0 Å². The van der Waals surface area contributed by atoms with E-state index in [4.69, 9.17) is 4.74 Å². The highest BCUT2D eigenvalue weighted by Gasteiger charge is 2.08. The molecule has 132 valence electrons. The molecule has 0 atom stereocenters. The Morgan fingerprint density at radius 1 is 1.04 bits per heavy atom. The van der Waals surface area contributed by atoms with E-state index in [2.05, 4.69) is 36.2 Å². The van der Waals surface area contributed by atoms with Gasteiger partial charge in [0, 0.05) is 18.3 Å². The van der Waals surface area contributed by atoms with Gasteiger partial charge in [-0.05, 0) is 49.2 Å². The fourth-order valence-corrected chi connectivity index (χ4v) is 2.71. The molecule has 1 aromatic heterocycles. The molecule has 0 N–H and O–H groups in total. The van der Waals surface area contributed by atoms with Crippen molar-refractivity contribution in [2.75, 3.05) is 7.11 Å². The molecule has 0 fully saturated rings.